The number of nitrogens with zero attached hydrogens (tertiary/aromatic N) is 5. The quantitative estimate of drug-likeness (QED) is 0.732. The normalized spacial score (nSPS) is 27.5. The van der Waals surface area contributed by atoms with Crippen LogP contribution in [-0.4, -0.2) is 77.0 Å². The monoisotopic (exact) mass is 423 g/mol. The van der Waals surface area contributed by atoms with E-state index in [1.807, 2.05) is 0 Å². The largest absolute Gasteiger partial charge is 0.465 e. The fraction of sp³-hybridized carbons (Fsp3) is 0.750. The lowest BCUT2D eigenvalue weighted by Gasteiger charge is -2.48. The molecule has 9 heteroatoms. The fourth-order valence-corrected chi connectivity index (χ4v) is 5.70. The third kappa shape index (κ3) is 3.40. The number of fused-ring (bicyclic) bond motifs is 1. The van der Waals surface area contributed by atoms with Crippen molar-refractivity contribution >= 4 is 29.5 Å². The lowest BCUT2D eigenvalue weighted by Crippen LogP contribution is -2.60. The van der Waals surface area contributed by atoms with E-state index in [2.05, 4.69) is 42.5 Å². The van der Waals surface area contributed by atoms with Gasteiger partial charge in [-0.15, -0.1) is 0 Å². The molecule has 1 amide bonds. The molecule has 0 radical (unpaired) electrons. The highest BCUT2D eigenvalue weighted by molar-refractivity contribution is 6.30. The number of hydrogen-bond acceptors (Lipinski definition) is 6. The van der Waals surface area contributed by atoms with Crippen molar-refractivity contribution in [1.82, 2.24) is 14.9 Å². The molecule has 29 heavy (non-hydrogen) atoms. The number of halogens is 1. The Bertz CT molecular complexity index is 808. The molecular weight excluding hydrogens is 394 g/mol. The Labute approximate surface area is 176 Å². The van der Waals surface area contributed by atoms with Crippen LogP contribution in [0.1, 0.15) is 39.7 Å². The number of carbonyl (C=O) groups is 1. The number of morpholine rings is 1. The van der Waals surface area contributed by atoms with Crippen molar-refractivity contribution in [2.24, 2.45) is 5.41 Å². The van der Waals surface area contributed by atoms with Crippen LogP contribution in [0.3, 0.4) is 0 Å². The van der Waals surface area contributed by atoms with E-state index >= 15 is 0 Å². The molecule has 160 valence electrons. The lowest BCUT2D eigenvalue weighted by molar-refractivity contribution is 0.0843. The van der Waals surface area contributed by atoms with E-state index < -0.39 is 6.09 Å². The zero-order valence-electron chi connectivity index (χ0n) is 17.6. The third-order valence-corrected chi connectivity index (χ3v) is 6.81. The first-order valence-corrected chi connectivity index (χ1v) is 10.7. The Kier molecular flexibility index (Phi) is 5.06. The van der Waals surface area contributed by atoms with Crippen molar-refractivity contribution in [3.8, 4) is 0 Å². The molecule has 0 aliphatic carbocycles. The first-order chi connectivity index (χ1) is 13.6. The summed E-state index contributed by atoms with van der Waals surface area (Å²) in [7, 11) is 0. The molecule has 0 aromatic carbocycles. The number of aromatic nitrogens is 2. The topological polar surface area (TPSA) is 82.0 Å². The van der Waals surface area contributed by atoms with Crippen molar-refractivity contribution in [3.05, 3.63) is 10.7 Å². The van der Waals surface area contributed by atoms with E-state index in [-0.39, 0.29) is 17.0 Å². The molecule has 4 rings (SSSR count). The number of carboxylic acid groups (broad SMARTS) is 1. The first-order valence-electron chi connectivity index (χ1n) is 10.3. The highest BCUT2D eigenvalue weighted by Crippen LogP contribution is 2.47. The highest BCUT2D eigenvalue weighted by Gasteiger charge is 2.55. The molecule has 3 aliphatic heterocycles. The number of rotatable bonds is 2. The van der Waals surface area contributed by atoms with Crippen molar-refractivity contribution in [1.29, 1.82) is 0 Å². The minimum Gasteiger partial charge on any atom is -0.465 e. The van der Waals surface area contributed by atoms with E-state index in [1.54, 1.807) is 4.90 Å². The Morgan fingerprint density at radius 2 is 1.90 bits per heavy atom. The van der Waals surface area contributed by atoms with Crippen molar-refractivity contribution in [3.63, 3.8) is 0 Å². The molecule has 1 N–H and O–H groups in total. The van der Waals surface area contributed by atoms with Crippen LogP contribution in [0.5, 0.6) is 0 Å². The molecule has 0 saturated carbocycles. The summed E-state index contributed by atoms with van der Waals surface area (Å²) in [4.78, 5) is 27.4. The summed E-state index contributed by atoms with van der Waals surface area (Å²) in [6, 6.07) is -0.154. The summed E-state index contributed by atoms with van der Waals surface area (Å²) in [6.45, 7) is 12.6. The number of ether oxygens (including phenoxy) is 1. The second-order valence-electron chi connectivity index (χ2n) is 9.47. The van der Waals surface area contributed by atoms with Gasteiger partial charge in [-0.1, -0.05) is 32.4 Å². The van der Waals surface area contributed by atoms with E-state index in [9.17, 15) is 9.90 Å². The zero-order valence-corrected chi connectivity index (χ0v) is 18.4. The van der Waals surface area contributed by atoms with Gasteiger partial charge in [0.2, 0.25) is 5.95 Å². The van der Waals surface area contributed by atoms with Gasteiger partial charge in [0.1, 0.15) is 11.0 Å². The van der Waals surface area contributed by atoms with Crippen LogP contribution in [0.15, 0.2) is 0 Å². The molecule has 3 aliphatic rings. The molecule has 2 atom stereocenters. The SMILES string of the molecule is CC(C)(C)C1N(C(=O)O)CC[C@@]1(C)N1CCc2c(Cl)nc(N3CCOCC3)nc21. The van der Waals surface area contributed by atoms with Crippen LogP contribution in [0.4, 0.5) is 16.6 Å². The van der Waals surface area contributed by atoms with E-state index in [1.165, 1.54) is 0 Å². The minimum absolute atomic E-state index is 0.154. The number of amides is 1. The zero-order chi connectivity index (χ0) is 21.0. The van der Waals surface area contributed by atoms with Crippen LogP contribution in [-0.2, 0) is 11.2 Å². The van der Waals surface area contributed by atoms with Crippen molar-refractivity contribution in [2.45, 2.75) is 52.1 Å². The molecule has 1 aromatic heterocycles. The highest BCUT2D eigenvalue weighted by atomic mass is 35.5. The molecule has 2 saturated heterocycles. The second kappa shape index (κ2) is 7.16. The Hall–Kier alpha value is -1.80. The van der Waals surface area contributed by atoms with Gasteiger partial charge in [0.05, 0.1) is 24.8 Å². The molecule has 0 bridgehead atoms. The molecular formula is C20H30ClN5O3. The Balaban J connectivity index is 1.74. The smallest absolute Gasteiger partial charge is 0.407 e. The van der Waals surface area contributed by atoms with E-state index in [4.69, 9.17) is 21.3 Å². The average Bonchev–Trinajstić information content (AvgIpc) is 3.24. The summed E-state index contributed by atoms with van der Waals surface area (Å²) in [5.41, 5.74) is 0.393. The third-order valence-electron chi connectivity index (χ3n) is 6.50. The first kappa shape index (κ1) is 20.5. The van der Waals surface area contributed by atoms with Gasteiger partial charge in [-0.25, -0.2) is 9.78 Å². The molecule has 8 nitrogen and oxygen atoms in total. The van der Waals surface area contributed by atoms with Crippen molar-refractivity contribution < 1.29 is 14.6 Å². The van der Waals surface area contributed by atoms with Crippen LogP contribution in [0, 0.1) is 5.41 Å². The van der Waals surface area contributed by atoms with Gasteiger partial charge in [0.25, 0.3) is 0 Å². The summed E-state index contributed by atoms with van der Waals surface area (Å²) in [6.07, 6.45) is 0.675. The maximum absolute atomic E-state index is 12.0. The summed E-state index contributed by atoms with van der Waals surface area (Å²) in [5.74, 6) is 1.49. The van der Waals surface area contributed by atoms with Gasteiger partial charge < -0.3 is 24.5 Å². The molecule has 1 unspecified atom stereocenters. The van der Waals surface area contributed by atoms with Gasteiger partial charge in [-0.2, -0.15) is 4.98 Å². The van der Waals surface area contributed by atoms with Crippen LogP contribution >= 0.6 is 11.6 Å². The summed E-state index contributed by atoms with van der Waals surface area (Å²) < 4.78 is 5.45. The number of hydrogen-bond donors (Lipinski definition) is 1. The maximum atomic E-state index is 12.0. The van der Waals surface area contributed by atoms with Crippen molar-refractivity contribution in [2.75, 3.05) is 49.2 Å². The minimum atomic E-state index is -0.859. The van der Waals surface area contributed by atoms with Gasteiger partial charge in [0.15, 0.2) is 0 Å². The van der Waals surface area contributed by atoms with Gasteiger partial charge in [-0.05, 0) is 25.2 Å². The van der Waals surface area contributed by atoms with Gasteiger partial charge in [0, 0.05) is 31.7 Å². The summed E-state index contributed by atoms with van der Waals surface area (Å²) >= 11 is 6.58. The Morgan fingerprint density at radius 1 is 1.21 bits per heavy atom. The fourth-order valence-electron chi connectivity index (χ4n) is 5.44. The lowest BCUT2D eigenvalue weighted by atomic mass is 9.74. The molecule has 0 spiro atoms. The van der Waals surface area contributed by atoms with E-state index in [0.717, 1.165) is 43.9 Å². The second-order valence-corrected chi connectivity index (χ2v) is 9.83. The molecule has 4 heterocycles. The van der Waals surface area contributed by atoms with Crippen LogP contribution in [0.25, 0.3) is 0 Å². The Morgan fingerprint density at radius 3 is 2.52 bits per heavy atom. The number of likely N-dealkylation sites (tertiary alicyclic amines) is 1. The van der Waals surface area contributed by atoms with Gasteiger partial charge in [-0.3, -0.25) is 0 Å². The predicted molar refractivity (Wildman–Crippen MR) is 112 cm³/mol. The average molecular weight is 424 g/mol. The predicted octanol–water partition coefficient (Wildman–Crippen LogP) is 2.89. The van der Waals surface area contributed by atoms with E-state index in [0.29, 0.717) is 30.9 Å². The standard InChI is InChI=1S/C20H30ClN5O3/c1-19(2,3)16-20(4,6-8-25(16)18(27)28)26-7-5-13-14(21)22-17(23-15(13)26)24-9-11-29-12-10-24/h16H,5-12H2,1-4H3,(H,27,28)/t16?,20-/m1/s1. The van der Waals surface area contributed by atoms with Crippen LogP contribution in [0.2, 0.25) is 5.15 Å². The van der Waals surface area contributed by atoms with Gasteiger partial charge >= 0.3 is 6.09 Å². The summed E-state index contributed by atoms with van der Waals surface area (Å²) in [5, 5.41) is 10.3. The number of anilines is 2. The maximum Gasteiger partial charge on any atom is 0.407 e. The van der Waals surface area contributed by atoms with Crippen LogP contribution < -0.4 is 9.80 Å². The molecule has 1 aromatic rings. The molecule has 2 fully saturated rings.